The smallest absolute Gasteiger partial charge is 0.327 e. The zero-order chi connectivity index (χ0) is 23.0. The molecular formula is C26H31N3O4. The molecule has 1 spiro atoms. The van der Waals surface area contributed by atoms with Crippen LogP contribution in [0.5, 0.6) is 11.5 Å². The largest absolute Gasteiger partial charge is 0.454 e. The third-order valence-electron chi connectivity index (χ3n) is 7.26. The number of rotatable bonds is 6. The van der Waals surface area contributed by atoms with Gasteiger partial charge in [-0.3, -0.25) is 9.69 Å². The maximum absolute atomic E-state index is 13.4. The number of carbonyl (C=O) groups excluding carboxylic acids is 2. The molecule has 3 aliphatic rings. The Morgan fingerprint density at radius 2 is 1.70 bits per heavy atom. The summed E-state index contributed by atoms with van der Waals surface area (Å²) in [5.74, 6) is 2.06. The summed E-state index contributed by atoms with van der Waals surface area (Å²) in [5.41, 5.74) is 1.51. The van der Waals surface area contributed by atoms with Crippen LogP contribution in [0.25, 0.3) is 0 Å². The van der Waals surface area contributed by atoms with E-state index in [0.717, 1.165) is 43.1 Å². The fraction of sp³-hybridized carbons (Fsp3) is 0.462. The van der Waals surface area contributed by atoms with Crippen molar-refractivity contribution in [3.05, 3.63) is 59.7 Å². The van der Waals surface area contributed by atoms with Gasteiger partial charge in [0.25, 0.3) is 5.91 Å². The highest BCUT2D eigenvalue weighted by Gasteiger charge is 2.56. The van der Waals surface area contributed by atoms with Gasteiger partial charge in [0.1, 0.15) is 5.54 Å². The summed E-state index contributed by atoms with van der Waals surface area (Å²) in [6.07, 6.45) is 2.31. The van der Waals surface area contributed by atoms with Gasteiger partial charge in [-0.2, -0.15) is 0 Å². The molecule has 0 radical (unpaired) electrons. The van der Waals surface area contributed by atoms with Crippen LogP contribution in [0, 0.1) is 5.92 Å². The van der Waals surface area contributed by atoms with Gasteiger partial charge in [-0.25, -0.2) is 4.79 Å². The van der Waals surface area contributed by atoms with Crippen molar-refractivity contribution in [3.8, 4) is 11.5 Å². The van der Waals surface area contributed by atoms with Crippen LogP contribution in [0.15, 0.2) is 48.5 Å². The molecule has 2 saturated heterocycles. The molecule has 2 aromatic carbocycles. The zero-order valence-electron chi connectivity index (χ0n) is 19.3. The number of benzene rings is 2. The van der Waals surface area contributed by atoms with Gasteiger partial charge in [-0.05, 0) is 48.4 Å². The normalized spacial score (nSPS) is 20.7. The van der Waals surface area contributed by atoms with Crippen LogP contribution >= 0.6 is 0 Å². The molecule has 1 atom stereocenters. The summed E-state index contributed by atoms with van der Waals surface area (Å²) >= 11 is 0. The Balaban J connectivity index is 1.18. The van der Waals surface area contributed by atoms with Crippen molar-refractivity contribution in [1.82, 2.24) is 14.7 Å². The monoisotopic (exact) mass is 449 g/mol. The van der Waals surface area contributed by atoms with Crippen LogP contribution in [-0.4, -0.2) is 65.7 Å². The minimum Gasteiger partial charge on any atom is -0.454 e. The zero-order valence-corrected chi connectivity index (χ0v) is 19.3. The SMILES string of the molecule is CC(Cc1ccc2c(c1)OCO2)CN1CCC2(CC1)C(=O)N(Cc1ccccc1)C(=O)N2C. The third kappa shape index (κ3) is 4.06. The van der Waals surface area contributed by atoms with E-state index in [-0.39, 0.29) is 11.9 Å². The van der Waals surface area contributed by atoms with Crippen molar-refractivity contribution in [2.24, 2.45) is 5.92 Å². The van der Waals surface area contributed by atoms with Crippen LogP contribution in [0.3, 0.4) is 0 Å². The number of amides is 3. The van der Waals surface area contributed by atoms with Crippen molar-refractivity contribution < 1.29 is 19.1 Å². The number of likely N-dealkylation sites (N-methyl/N-ethyl adjacent to an activating group) is 1. The number of nitrogens with zero attached hydrogens (tertiary/aromatic N) is 3. The molecule has 7 nitrogen and oxygen atoms in total. The minimum atomic E-state index is -0.705. The van der Waals surface area contributed by atoms with Crippen LogP contribution in [0.4, 0.5) is 4.79 Å². The summed E-state index contributed by atoms with van der Waals surface area (Å²) in [6, 6.07) is 15.7. The second-order valence-electron chi connectivity index (χ2n) is 9.55. The summed E-state index contributed by atoms with van der Waals surface area (Å²) in [5, 5.41) is 0. The Morgan fingerprint density at radius 1 is 0.970 bits per heavy atom. The highest BCUT2D eigenvalue weighted by Crippen LogP contribution is 2.37. The molecule has 174 valence electrons. The number of carbonyl (C=O) groups is 2. The summed E-state index contributed by atoms with van der Waals surface area (Å²) < 4.78 is 10.9. The lowest BCUT2D eigenvalue weighted by Gasteiger charge is -2.41. The maximum Gasteiger partial charge on any atom is 0.327 e. The fourth-order valence-electron chi connectivity index (χ4n) is 5.38. The summed E-state index contributed by atoms with van der Waals surface area (Å²) in [6.45, 7) is 5.47. The summed E-state index contributed by atoms with van der Waals surface area (Å²) in [4.78, 5) is 31.9. The number of imide groups is 1. The van der Waals surface area contributed by atoms with Gasteiger partial charge in [-0.1, -0.05) is 43.3 Å². The highest BCUT2D eigenvalue weighted by atomic mass is 16.7. The van der Waals surface area contributed by atoms with E-state index in [1.165, 1.54) is 10.5 Å². The lowest BCUT2D eigenvalue weighted by atomic mass is 9.85. The molecule has 0 aliphatic carbocycles. The van der Waals surface area contributed by atoms with Crippen LogP contribution in [-0.2, 0) is 17.8 Å². The van der Waals surface area contributed by atoms with E-state index in [4.69, 9.17) is 9.47 Å². The minimum absolute atomic E-state index is 0.0492. The molecule has 3 amide bonds. The van der Waals surface area contributed by atoms with Crippen LogP contribution in [0.2, 0.25) is 0 Å². The predicted octanol–water partition coefficient (Wildman–Crippen LogP) is 3.52. The van der Waals surface area contributed by atoms with Crippen LogP contribution < -0.4 is 9.47 Å². The van der Waals surface area contributed by atoms with Gasteiger partial charge < -0.3 is 19.3 Å². The van der Waals surface area contributed by atoms with E-state index < -0.39 is 5.54 Å². The van der Waals surface area contributed by atoms with Crippen molar-refractivity contribution in [2.75, 3.05) is 33.5 Å². The average Bonchev–Trinajstić information content (AvgIpc) is 3.35. The van der Waals surface area contributed by atoms with Crippen molar-refractivity contribution >= 4 is 11.9 Å². The number of ether oxygens (including phenoxy) is 2. The topological polar surface area (TPSA) is 62.3 Å². The first kappa shape index (κ1) is 21.8. The second-order valence-corrected chi connectivity index (χ2v) is 9.55. The fourth-order valence-corrected chi connectivity index (χ4v) is 5.38. The molecule has 5 rings (SSSR count). The number of hydrogen-bond acceptors (Lipinski definition) is 5. The molecule has 7 heteroatoms. The molecule has 0 bridgehead atoms. The molecule has 0 aromatic heterocycles. The molecule has 2 aromatic rings. The Morgan fingerprint density at radius 3 is 2.45 bits per heavy atom. The molecule has 0 saturated carbocycles. The Bertz CT molecular complexity index is 1030. The number of piperidine rings is 1. The molecule has 0 N–H and O–H groups in total. The van der Waals surface area contributed by atoms with Gasteiger partial charge in [0.05, 0.1) is 6.54 Å². The van der Waals surface area contributed by atoms with Gasteiger partial charge in [-0.15, -0.1) is 0 Å². The first-order valence-corrected chi connectivity index (χ1v) is 11.7. The summed E-state index contributed by atoms with van der Waals surface area (Å²) in [7, 11) is 1.78. The first-order chi connectivity index (χ1) is 16.0. The quantitative estimate of drug-likeness (QED) is 0.632. The van der Waals surface area contributed by atoms with Gasteiger partial charge in [0.15, 0.2) is 11.5 Å². The van der Waals surface area contributed by atoms with Gasteiger partial charge in [0.2, 0.25) is 6.79 Å². The Labute approximate surface area is 194 Å². The van der Waals surface area contributed by atoms with E-state index in [2.05, 4.69) is 24.0 Å². The number of hydrogen-bond donors (Lipinski definition) is 0. The number of likely N-dealkylation sites (tertiary alicyclic amines) is 1. The van der Waals surface area contributed by atoms with Crippen LogP contribution in [0.1, 0.15) is 30.9 Å². The maximum atomic E-state index is 13.4. The molecule has 33 heavy (non-hydrogen) atoms. The average molecular weight is 450 g/mol. The molecule has 3 aliphatic heterocycles. The lowest BCUT2D eigenvalue weighted by molar-refractivity contribution is -0.135. The van der Waals surface area contributed by atoms with E-state index in [9.17, 15) is 9.59 Å². The van der Waals surface area contributed by atoms with E-state index in [0.29, 0.717) is 32.1 Å². The molecular weight excluding hydrogens is 418 g/mol. The standard InChI is InChI=1S/C26H31N3O4/c1-19(14-21-8-9-22-23(15-21)33-18-32-22)16-28-12-10-26(11-13-28)24(30)29(25(31)27(26)2)17-20-6-4-3-5-7-20/h3-9,15,19H,10-14,16-18H2,1-2H3. The highest BCUT2D eigenvalue weighted by molar-refractivity contribution is 6.06. The molecule has 3 heterocycles. The van der Waals surface area contributed by atoms with Crippen molar-refractivity contribution in [3.63, 3.8) is 0 Å². The first-order valence-electron chi connectivity index (χ1n) is 11.7. The van der Waals surface area contributed by atoms with E-state index in [1.807, 2.05) is 36.4 Å². The number of urea groups is 1. The Kier molecular flexibility index (Phi) is 5.74. The molecule has 1 unspecified atom stereocenters. The lowest BCUT2D eigenvalue weighted by Crippen LogP contribution is -2.55. The molecule has 2 fully saturated rings. The second kappa shape index (κ2) is 8.71. The van der Waals surface area contributed by atoms with E-state index >= 15 is 0 Å². The van der Waals surface area contributed by atoms with Gasteiger partial charge in [0, 0.05) is 26.7 Å². The van der Waals surface area contributed by atoms with Crippen molar-refractivity contribution in [2.45, 2.75) is 38.3 Å². The predicted molar refractivity (Wildman–Crippen MR) is 124 cm³/mol. The van der Waals surface area contributed by atoms with E-state index in [1.54, 1.807) is 11.9 Å². The Hall–Kier alpha value is -3.06. The third-order valence-corrected chi connectivity index (χ3v) is 7.26. The van der Waals surface area contributed by atoms with Gasteiger partial charge >= 0.3 is 6.03 Å². The van der Waals surface area contributed by atoms with Crippen molar-refractivity contribution in [1.29, 1.82) is 0 Å². The number of fused-ring (bicyclic) bond motifs is 1.